The van der Waals surface area contributed by atoms with Crippen molar-refractivity contribution in [3.05, 3.63) is 46.3 Å². The number of nitrogens with zero attached hydrogens (tertiary/aromatic N) is 4. The highest BCUT2D eigenvalue weighted by molar-refractivity contribution is 5.89. The summed E-state index contributed by atoms with van der Waals surface area (Å²) in [6.45, 7) is 2.82. The van der Waals surface area contributed by atoms with Gasteiger partial charge in [0.05, 0.1) is 17.6 Å². The molecule has 28 heavy (non-hydrogen) atoms. The molecule has 9 heteroatoms. The SMILES string of the molecule is CCC1CCCCN1c1ncnc(Nc2ccc(C(=O)OC)cc2)c1[N+](=O)[O-]. The second-order valence-corrected chi connectivity index (χ2v) is 6.60. The van der Waals surface area contributed by atoms with Crippen molar-refractivity contribution in [2.75, 3.05) is 23.9 Å². The van der Waals surface area contributed by atoms with E-state index in [1.165, 1.54) is 13.4 Å². The highest BCUT2D eigenvalue weighted by Gasteiger charge is 2.31. The Morgan fingerprint density at radius 2 is 2.07 bits per heavy atom. The first kappa shape index (κ1) is 19.5. The fraction of sp³-hybridized carbons (Fsp3) is 0.421. The van der Waals surface area contributed by atoms with Gasteiger partial charge in [0.1, 0.15) is 6.33 Å². The minimum atomic E-state index is -0.447. The lowest BCUT2D eigenvalue weighted by Crippen LogP contribution is -2.40. The molecule has 1 aliphatic heterocycles. The fourth-order valence-corrected chi connectivity index (χ4v) is 3.49. The van der Waals surface area contributed by atoms with Gasteiger partial charge in [-0.05, 0) is 49.9 Å². The number of hydrogen-bond acceptors (Lipinski definition) is 8. The Hall–Kier alpha value is -3.23. The summed E-state index contributed by atoms with van der Waals surface area (Å²) in [6, 6.07) is 6.69. The quantitative estimate of drug-likeness (QED) is 0.455. The number of ether oxygens (including phenoxy) is 1. The van der Waals surface area contributed by atoms with E-state index >= 15 is 0 Å². The first-order valence-electron chi connectivity index (χ1n) is 9.26. The highest BCUT2D eigenvalue weighted by Crippen LogP contribution is 2.36. The molecule has 0 amide bonds. The van der Waals surface area contributed by atoms with Crippen LogP contribution >= 0.6 is 0 Å². The second-order valence-electron chi connectivity index (χ2n) is 6.60. The van der Waals surface area contributed by atoms with Crippen LogP contribution in [-0.4, -0.2) is 40.6 Å². The smallest absolute Gasteiger partial charge is 0.353 e. The van der Waals surface area contributed by atoms with Gasteiger partial charge in [0.15, 0.2) is 0 Å². The average Bonchev–Trinajstić information content (AvgIpc) is 2.73. The first-order chi connectivity index (χ1) is 13.5. The van der Waals surface area contributed by atoms with Crippen LogP contribution in [0.4, 0.5) is 23.0 Å². The zero-order valence-corrected chi connectivity index (χ0v) is 15.9. The average molecular weight is 385 g/mol. The normalized spacial score (nSPS) is 16.5. The van der Waals surface area contributed by atoms with Crippen molar-refractivity contribution in [3.63, 3.8) is 0 Å². The third-order valence-corrected chi connectivity index (χ3v) is 4.92. The number of aromatic nitrogens is 2. The molecule has 1 aromatic heterocycles. The van der Waals surface area contributed by atoms with E-state index in [1.54, 1.807) is 24.3 Å². The Labute approximate surface area is 162 Å². The lowest BCUT2D eigenvalue weighted by atomic mass is 10.00. The number of benzene rings is 1. The van der Waals surface area contributed by atoms with Gasteiger partial charge in [0.2, 0.25) is 11.6 Å². The summed E-state index contributed by atoms with van der Waals surface area (Å²) in [7, 11) is 1.31. The Bertz CT molecular complexity index is 856. The number of methoxy groups -OCH3 is 1. The predicted molar refractivity (Wildman–Crippen MR) is 105 cm³/mol. The molecule has 2 heterocycles. The number of carbonyl (C=O) groups excluding carboxylic acids is 1. The molecule has 0 radical (unpaired) electrons. The lowest BCUT2D eigenvalue weighted by Gasteiger charge is -2.35. The van der Waals surface area contributed by atoms with Crippen LogP contribution in [0.2, 0.25) is 0 Å². The van der Waals surface area contributed by atoms with Crippen molar-refractivity contribution in [1.82, 2.24) is 9.97 Å². The van der Waals surface area contributed by atoms with E-state index < -0.39 is 10.9 Å². The molecular weight excluding hydrogens is 362 g/mol. The first-order valence-corrected chi connectivity index (χ1v) is 9.26. The zero-order valence-electron chi connectivity index (χ0n) is 15.9. The Morgan fingerprint density at radius 3 is 2.71 bits per heavy atom. The number of nitro groups is 1. The Balaban J connectivity index is 1.93. The molecule has 1 N–H and O–H groups in total. The van der Waals surface area contributed by atoms with Gasteiger partial charge < -0.3 is 15.0 Å². The van der Waals surface area contributed by atoms with E-state index in [9.17, 15) is 14.9 Å². The summed E-state index contributed by atoms with van der Waals surface area (Å²) in [5, 5.41) is 14.8. The van der Waals surface area contributed by atoms with Crippen molar-refractivity contribution in [2.45, 2.75) is 38.6 Å². The van der Waals surface area contributed by atoms with Gasteiger partial charge in [-0.15, -0.1) is 0 Å². The van der Waals surface area contributed by atoms with Crippen LogP contribution in [0.5, 0.6) is 0 Å². The predicted octanol–water partition coefficient (Wildman–Crippen LogP) is 3.68. The van der Waals surface area contributed by atoms with E-state index in [-0.39, 0.29) is 17.5 Å². The molecule has 1 unspecified atom stereocenters. The number of hydrogen-bond donors (Lipinski definition) is 1. The van der Waals surface area contributed by atoms with Crippen LogP contribution in [0.3, 0.4) is 0 Å². The monoisotopic (exact) mass is 385 g/mol. The van der Waals surface area contributed by atoms with Crippen molar-refractivity contribution in [1.29, 1.82) is 0 Å². The summed E-state index contributed by atoms with van der Waals surface area (Å²) in [5.41, 5.74) is 0.830. The van der Waals surface area contributed by atoms with Gasteiger partial charge in [0, 0.05) is 18.3 Å². The van der Waals surface area contributed by atoms with E-state index in [0.717, 1.165) is 32.2 Å². The van der Waals surface area contributed by atoms with Crippen LogP contribution < -0.4 is 10.2 Å². The molecule has 1 atom stereocenters. The maximum Gasteiger partial charge on any atom is 0.353 e. The second kappa shape index (κ2) is 8.64. The van der Waals surface area contributed by atoms with Gasteiger partial charge in [0.25, 0.3) is 0 Å². The van der Waals surface area contributed by atoms with Crippen molar-refractivity contribution in [3.8, 4) is 0 Å². The highest BCUT2D eigenvalue weighted by atomic mass is 16.6. The van der Waals surface area contributed by atoms with Crippen LogP contribution in [0.25, 0.3) is 0 Å². The van der Waals surface area contributed by atoms with Crippen LogP contribution in [-0.2, 0) is 4.74 Å². The molecule has 1 aliphatic rings. The maximum atomic E-state index is 11.9. The molecule has 0 saturated carbocycles. The Morgan fingerprint density at radius 1 is 1.32 bits per heavy atom. The van der Waals surface area contributed by atoms with E-state index in [2.05, 4.69) is 26.9 Å². The maximum absolute atomic E-state index is 11.9. The number of esters is 1. The molecule has 0 bridgehead atoms. The van der Waals surface area contributed by atoms with Crippen molar-refractivity contribution in [2.24, 2.45) is 0 Å². The van der Waals surface area contributed by atoms with E-state index in [0.29, 0.717) is 17.1 Å². The molecule has 9 nitrogen and oxygen atoms in total. The minimum absolute atomic E-state index is 0.126. The Kier molecular flexibility index (Phi) is 6.03. The van der Waals surface area contributed by atoms with Crippen LogP contribution in [0.1, 0.15) is 43.0 Å². The molecule has 1 aromatic carbocycles. The van der Waals surface area contributed by atoms with Gasteiger partial charge in [-0.2, -0.15) is 0 Å². The standard InChI is InChI=1S/C19H23N5O4/c1-3-15-6-4-5-11-23(15)18-16(24(26)27)17(20-12-21-18)22-14-9-7-13(8-10-14)19(25)28-2/h7-10,12,15H,3-6,11H2,1-2H3,(H,20,21,22). The van der Waals surface area contributed by atoms with Crippen molar-refractivity contribution < 1.29 is 14.5 Å². The van der Waals surface area contributed by atoms with Gasteiger partial charge in [-0.25, -0.2) is 14.8 Å². The third-order valence-electron chi connectivity index (χ3n) is 4.92. The molecule has 148 valence electrons. The summed E-state index contributed by atoms with van der Waals surface area (Å²) in [6.07, 6.45) is 5.34. The summed E-state index contributed by atoms with van der Waals surface area (Å²) >= 11 is 0. The number of carbonyl (C=O) groups is 1. The van der Waals surface area contributed by atoms with Crippen LogP contribution in [0, 0.1) is 10.1 Å². The molecule has 0 spiro atoms. The van der Waals surface area contributed by atoms with Gasteiger partial charge in [-0.1, -0.05) is 6.92 Å². The van der Waals surface area contributed by atoms with E-state index in [4.69, 9.17) is 0 Å². The molecule has 2 aromatic rings. The largest absolute Gasteiger partial charge is 0.465 e. The molecule has 1 saturated heterocycles. The molecule has 0 aliphatic carbocycles. The number of anilines is 3. The van der Waals surface area contributed by atoms with Crippen LogP contribution in [0.15, 0.2) is 30.6 Å². The summed E-state index contributed by atoms with van der Waals surface area (Å²) < 4.78 is 4.67. The number of piperidine rings is 1. The third kappa shape index (κ3) is 4.03. The molecular formula is C19H23N5O4. The van der Waals surface area contributed by atoms with Gasteiger partial charge >= 0.3 is 11.7 Å². The molecule has 3 rings (SSSR count). The topological polar surface area (TPSA) is 110 Å². The molecule has 1 fully saturated rings. The van der Waals surface area contributed by atoms with E-state index in [1.807, 2.05) is 4.90 Å². The lowest BCUT2D eigenvalue weighted by molar-refractivity contribution is -0.383. The number of rotatable bonds is 6. The summed E-state index contributed by atoms with van der Waals surface area (Å²) in [5.74, 6) is 0.0269. The number of nitrogens with one attached hydrogen (secondary N) is 1. The van der Waals surface area contributed by atoms with Gasteiger partial charge in [-0.3, -0.25) is 10.1 Å². The fourth-order valence-electron chi connectivity index (χ4n) is 3.49. The minimum Gasteiger partial charge on any atom is -0.465 e. The summed E-state index contributed by atoms with van der Waals surface area (Å²) in [4.78, 5) is 33.3. The van der Waals surface area contributed by atoms with Crippen molar-refractivity contribution >= 4 is 29.0 Å². The zero-order chi connectivity index (χ0) is 20.1.